The highest BCUT2D eigenvalue weighted by molar-refractivity contribution is 5.76. The highest BCUT2D eigenvalue weighted by atomic mass is 19.3. The summed E-state index contributed by atoms with van der Waals surface area (Å²) in [5.41, 5.74) is -0.353. The van der Waals surface area contributed by atoms with Crippen LogP contribution in [0.5, 0.6) is 0 Å². The molecule has 0 aromatic heterocycles. The third-order valence-electron chi connectivity index (χ3n) is 7.21. The van der Waals surface area contributed by atoms with Crippen LogP contribution in [0.3, 0.4) is 0 Å². The minimum Gasteiger partial charge on any atom is -0.461 e. The average molecular weight is 430 g/mol. The Balaban J connectivity index is 1.16. The molecule has 1 spiro atoms. The van der Waals surface area contributed by atoms with Crippen molar-refractivity contribution in [1.29, 1.82) is 0 Å². The smallest absolute Gasteiger partial charge is 0.376 e. The quantitative estimate of drug-likeness (QED) is 0.407. The summed E-state index contributed by atoms with van der Waals surface area (Å²) in [5, 5.41) is 0. The van der Waals surface area contributed by atoms with Gasteiger partial charge in [0.05, 0.1) is 19.8 Å². The molecule has 2 atom stereocenters. The van der Waals surface area contributed by atoms with Crippen molar-refractivity contribution in [3.63, 3.8) is 0 Å². The van der Waals surface area contributed by atoms with E-state index in [4.69, 9.17) is 14.2 Å². The summed E-state index contributed by atoms with van der Waals surface area (Å²) in [6.45, 7) is 1.82. The monoisotopic (exact) mass is 430 g/mol. The van der Waals surface area contributed by atoms with E-state index in [-0.39, 0.29) is 18.2 Å². The number of halogens is 2. The van der Waals surface area contributed by atoms with E-state index >= 15 is 0 Å². The molecule has 170 valence electrons. The number of rotatable bonds is 9. The highest BCUT2D eigenvalue weighted by Gasteiger charge is 2.66. The van der Waals surface area contributed by atoms with Gasteiger partial charge in [-0.05, 0) is 50.9 Å². The van der Waals surface area contributed by atoms with E-state index in [1.54, 1.807) is 0 Å². The molecule has 1 saturated heterocycles. The molecule has 0 aromatic rings. The van der Waals surface area contributed by atoms with Crippen LogP contribution in [0.2, 0.25) is 0 Å². The summed E-state index contributed by atoms with van der Waals surface area (Å²) in [7, 11) is 0. The number of esters is 2. The van der Waals surface area contributed by atoms with Crippen LogP contribution >= 0.6 is 0 Å². The van der Waals surface area contributed by atoms with Gasteiger partial charge in [-0.2, -0.15) is 8.78 Å². The Bertz CT molecular complexity index is 637. The van der Waals surface area contributed by atoms with Gasteiger partial charge in [-0.1, -0.05) is 12.8 Å². The van der Waals surface area contributed by atoms with Gasteiger partial charge in [-0.25, -0.2) is 4.79 Å². The van der Waals surface area contributed by atoms with E-state index in [0.29, 0.717) is 63.6 Å². The van der Waals surface area contributed by atoms with Crippen molar-refractivity contribution in [1.82, 2.24) is 0 Å². The van der Waals surface area contributed by atoms with Gasteiger partial charge >= 0.3 is 17.9 Å². The molecule has 0 aromatic carbocycles. The van der Waals surface area contributed by atoms with Crippen LogP contribution in [0, 0.1) is 17.8 Å². The minimum atomic E-state index is -3.45. The fraction of sp³-hybridized carbons (Fsp3) is 0.909. The van der Waals surface area contributed by atoms with Gasteiger partial charge in [-0.3, -0.25) is 4.79 Å². The SMILES string of the molecule is CC(F)(F)C(=O)OCCCCCCC(=O)OC12CC3CC(C1)C1(OCCO1)C(C3)C2. The van der Waals surface area contributed by atoms with Crippen LogP contribution in [-0.2, 0) is 28.5 Å². The fourth-order valence-corrected chi connectivity index (χ4v) is 6.20. The molecule has 0 amide bonds. The molecule has 4 bridgehead atoms. The molecule has 1 aliphatic heterocycles. The van der Waals surface area contributed by atoms with Gasteiger partial charge in [0.15, 0.2) is 5.79 Å². The summed E-state index contributed by atoms with van der Waals surface area (Å²) in [5.74, 6) is -4.30. The number of unbranched alkanes of at least 4 members (excludes halogenated alkanes) is 3. The Morgan fingerprint density at radius 1 is 1.00 bits per heavy atom. The molecule has 4 saturated carbocycles. The normalized spacial score (nSPS) is 33.8. The Morgan fingerprint density at radius 2 is 1.63 bits per heavy atom. The molecule has 6 nitrogen and oxygen atoms in total. The maximum Gasteiger partial charge on any atom is 0.376 e. The summed E-state index contributed by atoms with van der Waals surface area (Å²) in [4.78, 5) is 23.5. The van der Waals surface area contributed by atoms with Crippen molar-refractivity contribution in [2.24, 2.45) is 17.8 Å². The largest absolute Gasteiger partial charge is 0.461 e. The second-order valence-electron chi connectivity index (χ2n) is 9.61. The standard InChI is InChI=1S/C22H32F2O6/c1-20(23,24)19(26)27-7-5-3-2-4-6-18(25)30-21-12-15-10-16(13-21)22(17(11-15)14-21)28-8-9-29-22/h15-17H,2-14H2,1H3. The summed E-state index contributed by atoms with van der Waals surface area (Å²) in [6, 6.07) is 0. The second-order valence-corrected chi connectivity index (χ2v) is 9.61. The van der Waals surface area contributed by atoms with E-state index in [9.17, 15) is 18.4 Å². The maximum atomic E-state index is 12.7. The molecular formula is C22H32F2O6. The van der Waals surface area contributed by atoms with Gasteiger partial charge < -0.3 is 18.9 Å². The lowest BCUT2D eigenvalue weighted by Gasteiger charge is -2.62. The zero-order chi connectivity index (χ0) is 21.4. The first-order valence-electron chi connectivity index (χ1n) is 11.3. The number of alkyl halides is 2. The van der Waals surface area contributed by atoms with E-state index in [1.807, 2.05) is 0 Å². The molecule has 4 aliphatic carbocycles. The van der Waals surface area contributed by atoms with Crippen molar-refractivity contribution in [3.8, 4) is 0 Å². The first kappa shape index (κ1) is 21.9. The maximum absolute atomic E-state index is 12.7. The molecule has 1 heterocycles. The van der Waals surface area contributed by atoms with Gasteiger partial charge in [0.25, 0.3) is 0 Å². The molecule has 30 heavy (non-hydrogen) atoms. The average Bonchev–Trinajstić information content (AvgIpc) is 3.14. The van der Waals surface area contributed by atoms with Gasteiger partial charge in [-0.15, -0.1) is 0 Å². The topological polar surface area (TPSA) is 71.1 Å². The molecule has 5 rings (SSSR count). The number of ether oxygens (including phenoxy) is 4. The van der Waals surface area contributed by atoms with Crippen molar-refractivity contribution in [3.05, 3.63) is 0 Å². The van der Waals surface area contributed by atoms with Gasteiger partial charge in [0.2, 0.25) is 0 Å². The van der Waals surface area contributed by atoms with Gasteiger partial charge in [0.1, 0.15) is 5.60 Å². The van der Waals surface area contributed by atoms with Crippen LogP contribution in [-0.4, -0.2) is 49.1 Å². The van der Waals surface area contributed by atoms with E-state index in [2.05, 4.69) is 4.74 Å². The molecule has 0 radical (unpaired) electrons. The van der Waals surface area contributed by atoms with Crippen molar-refractivity contribution >= 4 is 11.9 Å². The molecule has 5 aliphatic rings. The number of carbonyl (C=O) groups is 2. The lowest BCUT2D eigenvalue weighted by Crippen LogP contribution is -2.65. The molecule has 2 unspecified atom stereocenters. The second kappa shape index (κ2) is 8.34. The zero-order valence-electron chi connectivity index (χ0n) is 17.6. The van der Waals surface area contributed by atoms with Crippen LogP contribution in [0.25, 0.3) is 0 Å². The lowest BCUT2D eigenvalue weighted by atomic mass is 9.51. The van der Waals surface area contributed by atoms with Crippen molar-refractivity contribution in [2.45, 2.75) is 88.4 Å². The fourth-order valence-electron chi connectivity index (χ4n) is 6.20. The number of hydrogen-bond donors (Lipinski definition) is 0. The molecular weight excluding hydrogens is 398 g/mol. The lowest BCUT2D eigenvalue weighted by molar-refractivity contribution is -0.314. The van der Waals surface area contributed by atoms with E-state index in [1.165, 1.54) is 0 Å². The van der Waals surface area contributed by atoms with Crippen molar-refractivity contribution < 1.29 is 37.3 Å². The van der Waals surface area contributed by atoms with Crippen LogP contribution in [0.4, 0.5) is 8.78 Å². The van der Waals surface area contributed by atoms with Crippen molar-refractivity contribution in [2.75, 3.05) is 19.8 Å². The first-order valence-corrected chi connectivity index (χ1v) is 11.3. The van der Waals surface area contributed by atoms with Crippen LogP contribution in [0.15, 0.2) is 0 Å². The van der Waals surface area contributed by atoms with E-state index < -0.39 is 17.7 Å². The minimum absolute atomic E-state index is 0.0219. The van der Waals surface area contributed by atoms with Crippen LogP contribution in [0.1, 0.15) is 71.1 Å². The Kier molecular flexibility index (Phi) is 6.10. The summed E-state index contributed by atoms with van der Waals surface area (Å²) in [6.07, 6.45) is 7.84. The molecule has 0 N–H and O–H groups in total. The summed E-state index contributed by atoms with van der Waals surface area (Å²) >= 11 is 0. The van der Waals surface area contributed by atoms with E-state index in [0.717, 1.165) is 38.5 Å². The molecule has 8 heteroatoms. The Labute approximate surface area is 175 Å². The highest BCUT2D eigenvalue weighted by Crippen LogP contribution is 2.63. The predicted molar refractivity (Wildman–Crippen MR) is 102 cm³/mol. The van der Waals surface area contributed by atoms with Crippen LogP contribution < -0.4 is 0 Å². The zero-order valence-corrected chi connectivity index (χ0v) is 17.6. The third-order valence-corrected chi connectivity index (χ3v) is 7.21. The Morgan fingerprint density at radius 3 is 2.27 bits per heavy atom. The third kappa shape index (κ3) is 4.35. The molecule has 5 fully saturated rings. The summed E-state index contributed by atoms with van der Waals surface area (Å²) < 4.78 is 48.1. The Hall–Kier alpha value is -1.28. The number of carbonyl (C=O) groups excluding carboxylic acids is 2. The first-order chi connectivity index (χ1) is 14.2. The van der Waals surface area contributed by atoms with Gasteiger partial charge in [0, 0.05) is 25.2 Å². The predicted octanol–water partition coefficient (Wildman–Crippen LogP) is 4.00. The number of hydrogen-bond acceptors (Lipinski definition) is 6.